The molecule has 1 atom stereocenters. The zero-order valence-electron chi connectivity index (χ0n) is 12.8. The van der Waals surface area contributed by atoms with Gasteiger partial charge in [-0.15, -0.1) is 0 Å². The maximum atomic E-state index is 11.9. The monoisotopic (exact) mass is 300 g/mol. The predicted octanol–water partition coefficient (Wildman–Crippen LogP) is 2.59. The number of rotatable bonds is 6. The van der Waals surface area contributed by atoms with Gasteiger partial charge in [-0.1, -0.05) is 24.3 Å². The molecule has 0 radical (unpaired) electrons. The molecule has 2 amide bonds. The molecule has 116 valence electrons. The molecule has 2 aromatic rings. The first-order chi connectivity index (χ1) is 10.6. The number of benzene rings is 1. The van der Waals surface area contributed by atoms with Gasteiger partial charge in [0.25, 0.3) is 5.91 Å². The topological polar surface area (TPSA) is 71.3 Å². The van der Waals surface area contributed by atoms with Crippen molar-refractivity contribution in [3.05, 3.63) is 59.5 Å². The Hall–Kier alpha value is -2.56. The van der Waals surface area contributed by atoms with Gasteiger partial charge in [0, 0.05) is 13.0 Å². The van der Waals surface area contributed by atoms with Crippen LogP contribution in [0.25, 0.3) is 0 Å². The Kier molecular flexibility index (Phi) is 5.36. The van der Waals surface area contributed by atoms with Crippen LogP contribution in [0.15, 0.2) is 47.1 Å². The fraction of sp³-hybridized carbons (Fsp3) is 0.294. The van der Waals surface area contributed by atoms with E-state index in [4.69, 9.17) is 4.42 Å². The predicted molar refractivity (Wildman–Crippen MR) is 83.4 cm³/mol. The first-order valence-electron chi connectivity index (χ1n) is 7.24. The second-order valence-electron chi connectivity index (χ2n) is 5.13. The molecule has 0 bridgehead atoms. The molecule has 0 spiro atoms. The lowest BCUT2D eigenvalue weighted by atomic mass is 10.0. The maximum Gasteiger partial charge on any atom is 0.286 e. The highest BCUT2D eigenvalue weighted by molar-refractivity contribution is 5.91. The van der Waals surface area contributed by atoms with Crippen molar-refractivity contribution in [1.29, 1.82) is 0 Å². The molecule has 0 aliphatic rings. The van der Waals surface area contributed by atoms with E-state index in [9.17, 15) is 9.59 Å². The number of nitrogens with one attached hydrogen (secondary N) is 2. The minimum Gasteiger partial charge on any atom is -0.459 e. The molecule has 0 fully saturated rings. The number of aryl methyl sites for hydroxylation is 1. The molecule has 1 heterocycles. The van der Waals surface area contributed by atoms with Crippen LogP contribution in [-0.4, -0.2) is 18.4 Å². The van der Waals surface area contributed by atoms with E-state index in [1.807, 2.05) is 38.1 Å². The van der Waals surface area contributed by atoms with Gasteiger partial charge in [0.05, 0.1) is 12.3 Å². The maximum absolute atomic E-state index is 11.9. The lowest BCUT2D eigenvalue weighted by Gasteiger charge is -2.16. The summed E-state index contributed by atoms with van der Waals surface area (Å²) in [6.45, 7) is 4.23. The summed E-state index contributed by atoms with van der Waals surface area (Å²) in [6, 6.07) is 11.1. The highest BCUT2D eigenvalue weighted by Gasteiger charge is 2.12. The summed E-state index contributed by atoms with van der Waals surface area (Å²) in [5, 5.41) is 5.58. The zero-order chi connectivity index (χ0) is 15.9. The summed E-state index contributed by atoms with van der Waals surface area (Å²) < 4.78 is 4.98. The van der Waals surface area contributed by atoms with Gasteiger partial charge in [-0.3, -0.25) is 9.59 Å². The van der Waals surface area contributed by atoms with Crippen molar-refractivity contribution in [2.45, 2.75) is 26.3 Å². The summed E-state index contributed by atoms with van der Waals surface area (Å²) in [5.74, 6) is -0.172. The van der Waals surface area contributed by atoms with Gasteiger partial charge in [-0.2, -0.15) is 0 Å². The smallest absolute Gasteiger partial charge is 0.286 e. The van der Waals surface area contributed by atoms with E-state index in [2.05, 4.69) is 10.6 Å². The van der Waals surface area contributed by atoms with Gasteiger partial charge >= 0.3 is 0 Å². The molecule has 0 aliphatic carbocycles. The minimum absolute atomic E-state index is 0.0607. The Morgan fingerprint density at radius 1 is 1.18 bits per heavy atom. The largest absolute Gasteiger partial charge is 0.459 e. The third kappa shape index (κ3) is 4.22. The van der Waals surface area contributed by atoms with Crippen molar-refractivity contribution in [2.24, 2.45) is 0 Å². The molecule has 0 unspecified atom stereocenters. The molecule has 0 saturated carbocycles. The molecule has 5 heteroatoms. The molecule has 0 saturated heterocycles. The fourth-order valence-electron chi connectivity index (χ4n) is 2.25. The Morgan fingerprint density at radius 2 is 1.95 bits per heavy atom. The van der Waals surface area contributed by atoms with Crippen LogP contribution >= 0.6 is 0 Å². The highest BCUT2D eigenvalue weighted by Crippen LogP contribution is 2.16. The average Bonchev–Trinajstić information content (AvgIpc) is 3.01. The van der Waals surface area contributed by atoms with Crippen LogP contribution < -0.4 is 10.6 Å². The Bertz CT molecular complexity index is 635. The first-order valence-corrected chi connectivity index (χ1v) is 7.24. The average molecular weight is 300 g/mol. The van der Waals surface area contributed by atoms with E-state index in [1.165, 1.54) is 6.26 Å². The highest BCUT2D eigenvalue weighted by atomic mass is 16.3. The number of carbonyl (C=O) groups is 2. The van der Waals surface area contributed by atoms with E-state index in [0.29, 0.717) is 0 Å². The van der Waals surface area contributed by atoms with Crippen LogP contribution in [0.3, 0.4) is 0 Å². The third-order valence-corrected chi connectivity index (χ3v) is 3.42. The van der Waals surface area contributed by atoms with Gasteiger partial charge < -0.3 is 15.1 Å². The molecular formula is C17H20N2O3. The van der Waals surface area contributed by atoms with E-state index >= 15 is 0 Å². The quantitative estimate of drug-likeness (QED) is 0.861. The second kappa shape index (κ2) is 7.45. The van der Waals surface area contributed by atoms with E-state index < -0.39 is 0 Å². The van der Waals surface area contributed by atoms with Crippen molar-refractivity contribution >= 4 is 11.8 Å². The fourth-order valence-corrected chi connectivity index (χ4v) is 2.25. The van der Waals surface area contributed by atoms with Crippen LogP contribution in [0.1, 0.15) is 41.1 Å². The Labute approximate surface area is 129 Å². The second-order valence-corrected chi connectivity index (χ2v) is 5.13. The first kappa shape index (κ1) is 15.8. The summed E-state index contributed by atoms with van der Waals surface area (Å²) in [5.41, 5.74) is 2.23. The zero-order valence-corrected chi connectivity index (χ0v) is 12.8. The SMILES string of the molecule is Cc1ccccc1[C@H](C)NC(=O)CCNC(=O)c1ccco1. The summed E-state index contributed by atoms with van der Waals surface area (Å²) in [4.78, 5) is 23.6. The van der Waals surface area contributed by atoms with E-state index in [1.54, 1.807) is 12.1 Å². The van der Waals surface area contributed by atoms with E-state index in [0.717, 1.165) is 11.1 Å². The Morgan fingerprint density at radius 3 is 2.64 bits per heavy atom. The lowest BCUT2D eigenvalue weighted by Crippen LogP contribution is -2.32. The summed E-state index contributed by atoms with van der Waals surface area (Å²) in [7, 11) is 0. The molecule has 0 aliphatic heterocycles. The lowest BCUT2D eigenvalue weighted by molar-refractivity contribution is -0.121. The van der Waals surface area contributed by atoms with E-state index in [-0.39, 0.29) is 36.6 Å². The molecule has 2 rings (SSSR count). The molecule has 1 aromatic carbocycles. The van der Waals surface area contributed by atoms with Crippen molar-refractivity contribution in [3.8, 4) is 0 Å². The van der Waals surface area contributed by atoms with Crippen molar-refractivity contribution < 1.29 is 14.0 Å². The molecular weight excluding hydrogens is 280 g/mol. The number of furan rings is 1. The number of amides is 2. The Balaban J connectivity index is 1.76. The molecule has 2 N–H and O–H groups in total. The number of hydrogen-bond acceptors (Lipinski definition) is 3. The minimum atomic E-state index is -0.315. The van der Waals surface area contributed by atoms with Crippen LogP contribution in [0, 0.1) is 6.92 Å². The summed E-state index contributed by atoms with van der Waals surface area (Å²) >= 11 is 0. The van der Waals surface area contributed by atoms with Crippen LogP contribution in [0.4, 0.5) is 0 Å². The third-order valence-electron chi connectivity index (χ3n) is 3.42. The molecule has 22 heavy (non-hydrogen) atoms. The van der Waals surface area contributed by atoms with Crippen LogP contribution in [0.2, 0.25) is 0 Å². The van der Waals surface area contributed by atoms with Crippen LogP contribution in [-0.2, 0) is 4.79 Å². The number of carbonyl (C=O) groups excluding carboxylic acids is 2. The van der Waals surface area contributed by atoms with Gasteiger partial charge in [-0.05, 0) is 37.1 Å². The summed E-state index contributed by atoms with van der Waals surface area (Å²) in [6.07, 6.45) is 1.66. The molecule has 1 aromatic heterocycles. The van der Waals surface area contributed by atoms with Gasteiger partial charge in [-0.25, -0.2) is 0 Å². The van der Waals surface area contributed by atoms with Crippen molar-refractivity contribution in [2.75, 3.05) is 6.54 Å². The van der Waals surface area contributed by atoms with Crippen LogP contribution in [0.5, 0.6) is 0 Å². The van der Waals surface area contributed by atoms with Crippen molar-refractivity contribution in [3.63, 3.8) is 0 Å². The normalized spacial score (nSPS) is 11.7. The van der Waals surface area contributed by atoms with Crippen molar-refractivity contribution in [1.82, 2.24) is 10.6 Å². The van der Waals surface area contributed by atoms with Gasteiger partial charge in [0.2, 0.25) is 5.91 Å². The molecule has 5 nitrogen and oxygen atoms in total. The standard InChI is InChI=1S/C17H20N2O3/c1-12-6-3-4-7-14(12)13(2)19-16(20)9-10-18-17(21)15-8-5-11-22-15/h3-8,11,13H,9-10H2,1-2H3,(H,18,21)(H,19,20)/t13-/m0/s1. The van der Waals surface area contributed by atoms with Gasteiger partial charge in [0.15, 0.2) is 5.76 Å². The van der Waals surface area contributed by atoms with Gasteiger partial charge in [0.1, 0.15) is 0 Å². The number of hydrogen-bond donors (Lipinski definition) is 2.